The Morgan fingerprint density at radius 2 is 1.06 bits per heavy atom. The number of hydrogen-bond donors (Lipinski definition) is 0. The molecule has 2 aromatic rings. The Morgan fingerprint density at radius 3 is 1.44 bits per heavy atom. The summed E-state index contributed by atoms with van der Waals surface area (Å²) in [5, 5.41) is 0. The molecule has 2 rings (SSSR count). The molecule has 0 radical (unpaired) electrons. The molecular formula is C30H48N2. The quantitative estimate of drug-likeness (QED) is 0.412. The third-order valence-electron chi connectivity index (χ3n) is 6.89. The molecule has 0 aliphatic rings. The average Bonchev–Trinajstić information content (AvgIpc) is 2.64. The number of anilines is 2. The zero-order valence-corrected chi connectivity index (χ0v) is 22.9. The topological polar surface area (TPSA) is 6.48 Å². The molecule has 1 atom stereocenters. The number of benzene rings is 2. The lowest BCUT2D eigenvalue weighted by Gasteiger charge is -2.47. The van der Waals surface area contributed by atoms with Crippen LogP contribution in [-0.4, -0.2) is 24.7 Å². The minimum Gasteiger partial charge on any atom is -0.368 e. The fourth-order valence-corrected chi connectivity index (χ4v) is 4.87. The van der Waals surface area contributed by atoms with Gasteiger partial charge in [0.25, 0.3) is 0 Å². The van der Waals surface area contributed by atoms with Gasteiger partial charge in [-0.1, -0.05) is 64.1 Å². The maximum Gasteiger partial charge on any atom is 0.0430 e. The van der Waals surface area contributed by atoms with E-state index in [1.807, 2.05) is 0 Å². The van der Waals surface area contributed by atoms with Crippen molar-refractivity contribution in [1.82, 2.24) is 0 Å². The van der Waals surface area contributed by atoms with Gasteiger partial charge in [0.1, 0.15) is 0 Å². The summed E-state index contributed by atoms with van der Waals surface area (Å²) < 4.78 is 0. The summed E-state index contributed by atoms with van der Waals surface area (Å²) in [4.78, 5) is 5.32. The lowest BCUT2D eigenvalue weighted by atomic mass is 9.86. The van der Waals surface area contributed by atoms with Gasteiger partial charge in [-0.3, -0.25) is 0 Å². The Bertz CT molecular complexity index is 861. The second-order valence-electron chi connectivity index (χ2n) is 12.0. The number of aryl methyl sites for hydroxylation is 4. The lowest BCUT2D eigenvalue weighted by Crippen LogP contribution is -2.52. The summed E-state index contributed by atoms with van der Waals surface area (Å²) in [7, 11) is 0. The molecule has 0 saturated heterocycles. The van der Waals surface area contributed by atoms with Crippen LogP contribution < -0.4 is 9.80 Å². The minimum absolute atomic E-state index is 0.0429. The van der Waals surface area contributed by atoms with E-state index < -0.39 is 0 Å². The van der Waals surface area contributed by atoms with Crippen molar-refractivity contribution in [3.63, 3.8) is 0 Å². The van der Waals surface area contributed by atoms with Crippen LogP contribution in [-0.2, 0) is 0 Å². The molecule has 0 aliphatic heterocycles. The van der Waals surface area contributed by atoms with E-state index in [-0.39, 0.29) is 11.0 Å². The van der Waals surface area contributed by atoms with Crippen LogP contribution in [0.5, 0.6) is 0 Å². The molecular weight excluding hydrogens is 388 g/mol. The summed E-state index contributed by atoms with van der Waals surface area (Å²) in [5.41, 5.74) is 8.41. The van der Waals surface area contributed by atoms with Crippen molar-refractivity contribution in [2.45, 2.75) is 94.7 Å². The monoisotopic (exact) mass is 436 g/mol. The predicted molar refractivity (Wildman–Crippen MR) is 144 cm³/mol. The fourth-order valence-electron chi connectivity index (χ4n) is 4.87. The zero-order valence-electron chi connectivity index (χ0n) is 22.9. The van der Waals surface area contributed by atoms with Crippen molar-refractivity contribution < 1.29 is 0 Å². The number of para-hydroxylation sites is 2. The fraction of sp³-hybridized carbons (Fsp3) is 0.600. The summed E-state index contributed by atoms with van der Waals surface area (Å²) in [6.45, 7) is 30.0. The van der Waals surface area contributed by atoms with Crippen molar-refractivity contribution in [3.05, 3.63) is 58.7 Å². The van der Waals surface area contributed by atoms with Crippen molar-refractivity contribution in [3.8, 4) is 0 Å². The van der Waals surface area contributed by atoms with Crippen molar-refractivity contribution >= 4 is 11.4 Å². The molecule has 0 aliphatic carbocycles. The lowest BCUT2D eigenvalue weighted by molar-refractivity contribution is 0.314. The maximum absolute atomic E-state index is 2.68. The summed E-state index contributed by atoms with van der Waals surface area (Å²) in [6, 6.07) is 13.8. The molecule has 2 heteroatoms. The Hall–Kier alpha value is -1.96. The maximum atomic E-state index is 2.68. The van der Waals surface area contributed by atoms with Gasteiger partial charge in [0.15, 0.2) is 0 Å². The van der Waals surface area contributed by atoms with Crippen molar-refractivity contribution in [2.24, 2.45) is 11.3 Å². The van der Waals surface area contributed by atoms with E-state index in [1.54, 1.807) is 0 Å². The van der Waals surface area contributed by atoms with Crippen molar-refractivity contribution in [1.29, 1.82) is 0 Å². The van der Waals surface area contributed by atoms with Gasteiger partial charge < -0.3 is 9.80 Å². The summed E-state index contributed by atoms with van der Waals surface area (Å²) in [5.74, 6) is 0.585. The standard InChI is InChI=1S/C30H48N2/c1-21(2)26(7)31(27-22(3)15-13-16-23(27)4)19-30(11,12)20-32(29(8,9)10)28-24(5)17-14-18-25(28)6/h13-18,21,26H,19-20H2,1-12H3. The predicted octanol–water partition coefficient (Wildman–Crippen LogP) is 8.10. The first-order valence-electron chi connectivity index (χ1n) is 12.3. The average molecular weight is 437 g/mol. The van der Waals surface area contributed by atoms with Gasteiger partial charge in [-0.05, 0) is 89.0 Å². The Labute approximate surface area is 199 Å². The van der Waals surface area contributed by atoms with Gasteiger partial charge in [0.2, 0.25) is 0 Å². The van der Waals surface area contributed by atoms with Crippen LogP contribution in [0, 0.1) is 39.0 Å². The van der Waals surface area contributed by atoms with Crippen molar-refractivity contribution in [2.75, 3.05) is 22.9 Å². The molecule has 32 heavy (non-hydrogen) atoms. The van der Waals surface area contributed by atoms with Gasteiger partial charge >= 0.3 is 0 Å². The van der Waals surface area contributed by atoms with Crippen LogP contribution in [0.1, 0.15) is 77.6 Å². The Balaban J connectivity index is 2.48. The van der Waals surface area contributed by atoms with Crippen LogP contribution in [0.15, 0.2) is 36.4 Å². The Morgan fingerprint density at radius 1 is 0.656 bits per heavy atom. The van der Waals surface area contributed by atoms with E-state index in [9.17, 15) is 0 Å². The molecule has 0 bridgehead atoms. The molecule has 0 saturated carbocycles. The normalized spacial score (nSPS) is 13.4. The van der Waals surface area contributed by atoms with E-state index in [1.165, 1.54) is 33.6 Å². The number of nitrogens with zero attached hydrogens (tertiary/aromatic N) is 2. The number of hydrogen-bond acceptors (Lipinski definition) is 2. The highest BCUT2D eigenvalue weighted by molar-refractivity contribution is 5.62. The van der Waals surface area contributed by atoms with Crippen LogP contribution in [0.3, 0.4) is 0 Å². The molecule has 0 heterocycles. The third kappa shape index (κ3) is 6.09. The van der Waals surface area contributed by atoms with Gasteiger partial charge in [-0.15, -0.1) is 0 Å². The molecule has 1 unspecified atom stereocenters. The first-order chi connectivity index (χ1) is 14.7. The van der Waals surface area contributed by atoms with Crippen LogP contribution in [0.2, 0.25) is 0 Å². The molecule has 2 aromatic carbocycles. The van der Waals surface area contributed by atoms with E-state index in [0.29, 0.717) is 12.0 Å². The molecule has 178 valence electrons. The van der Waals surface area contributed by atoms with E-state index in [4.69, 9.17) is 0 Å². The molecule has 2 nitrogen and oxygen atoms in total. The molecule has 0 spiro atoms. The van der Waals surface area contributed by atoms with E-state index >= 15 is 0 Å². The first kappa shape index (κ1) is 26.3. The minimum atomic E-state index is 0.0429. The molecule has 0 N–H and O–H groups in total. The first-order valence-corrected chi connectivity index (χ1v) is 12.3. The van der Waals surface area contributed by atoms with Gasteiger partial charge in [-0.25, -0.2) is 0 Å². The van der Waals surface area contributed by atoms with E-state index in [0.717, 1.165) is 13.1 Å². The summed E-state index contributed by atoms with van der Waals surface area (Å²) >= 11 is 0. The zero-order chi connectivity index (χ0) is 24.4. The SMILES string of the molecule is Cc1cccc(C)c1N(CC(C)(C)CN(c1c(C)cccc1C)C(C)(C)C)C(C)C(C)C. The summed E-state index contributed by atoms with van der Waals surface area (Å²) in [6.07, 6.45) is 0. The molecule has 0 fully saturated rings. The highest BCUT2D eigenvalue weighted by atomic mass is 15.2. The van der Waals surface area contributed by atoms with Gasteiger partial charge in [0, 0.05) is 36.0 Å². The molecule has 0 amide bonds. The third-order valence-corrected chi connectivity index (χ3v) is 6.89. The van der Waals surface area contributed by atoms with Crippen LogP contribution in [0.4, 0.5) is 11.4 Å². The molecule has 0 aromatic heterocycles. The van der Waals surface area contributed by atoms with E-state index in [2.05, 4.69) is 129 Å². The largest absolute Gasteiger partial charge is 0.368 e. The van der Waals surface area contributed by atoms with Crippen LogP contribution in [0.25, 0.3) is 0 Å². The second kappa shape index (κ2) is 9.89. The Kier molecular flexibility index (Phi) is 8.13. The van der Waals surface area contributed by atoms with Crippen LogP contribution >= 0.6 is 0 Å². The highest BCUT2D eigenvalue weighted by Gasteiger charge is 2.34. The second-order valence-corrected chi connectivity index (χ2v) is 12.0. The smallest absolute Gasteiger partial charge is 0.0430 e. The number of rotatable bonds is 8. The van der Waals surface area contributed by atoms with Gasteiger partial charge in [-0.2, -0.15) is 0 Å². The van der Waals surface area contributed by atoms with Gasteiger partial charge in [0.05, 0.1) is 0 Å². The highest BCUT2D eigenvalue weighted by Crippen LogP contribution is 2.36.